The van der Waals surface area contributed by atoms with Crippen LogP contribution in [0, 0.1) is 25.7 Å². The molecule has 47 heavy (non-hydrogen) atoms. The first-order valence-corrected chi connectivity index (χ1v) is 20.7. The van der Waals surface area contributed by atoms with Crippen LogP contribution < -0.4 is 0 Å². The predicted molar refractivity (Wildman–Crippen MR) is 207 cm³/mol. The lowest BCUT2D eigenvalue weighted by Crippen LogP contribution is -2.31. The SMILES string of the molecule is CCCCC(CC)CC1(CC(CC)CCCC)c2cc(-c3ccc(C)c4nsnc34)sc2-c2sc(-c3ccc(C)c4nsnc34)cc21. The fraction of sp³-hybridized carbons (Fsp3) is 0.487. The van der Waals surface area contributed by atoms with E-state index in [9.17, 15) is 0 Å². The number of nitrogens with zero attached hydrogens (tertiary/aromatic N) is 4. The Kier molecular flexibility index (Phi) is 9.67. The molecule has 2 unspecified atom stereocenters. The molecule has 1 aliphatic rings. The molecular weight excluding hydrogens is 653 g/mol. The third-order valence-electron chi connectivity index (χ3n) is 10.8. The molecule has 0 aliphatic heterocycles. The number of aryl methyl sites for hydroxylation is 2. The highest BCUT2D eigenvalue weighted by Crippen LogP contribution is 2.63. The number of thiophene rings is 2. The lowest BCUT2D eigenvalue weighted by Gasteiger charge is -2.37. The Balaban J connectivity index is 1.45. The number of hydrogen-bond acceptors (Lipinski definition) is 8. The van der Waals surface area contributed by atoms with E-state index in [1.54, 1.807) is 11.1 Å². The normalized spacial score (nSPS) is 15.0. The van der Waals surface area contributed by atoms with Crippen molar-refractivity contribution >= 4 is 68.2 Å². The number of fused-ring (bicyclic) bond motifs is 5. The third-order valence-corrected chi connectivity index (χ3v) is 14.4. The molecule has 2 atom stereocenters. The van der Waals surface area contributed by atoms with Gasteiger partial charge in [0.15, 0.2) is 0 Å². The standard InChI is InChI=1S/C39H46N4S4/c1-7-11-13-25(9-3)21-39(22-26(10-4)14-12-8-2)29-19-31(27-17-15-23(5)33-35(27)42-46-40-33)44-37(29)38-30(39)20-32(45-38)28-18-16-24(6)34-36(28)43-47-41-34/h15-20,25-26H,7-14,21-22H2,1-6H3. The predicted octanol–water partition coefficient (Wildman–Crippen LogP) is 13.2. The smallest absolute Gasteiger partial charge is 0.113 e. The van der Waals surface area contributed by atoms with Crippen molar-refractivity contribution in [3.63, 3.8) is 0 Å². The van der Waals surface area contributed by atoms with Crippen molar-refractivity contribution in [2.45, 2.75) is 111 Å². The van der Waals surface area contributed by atoms with E-state index in [2.05, 4.69) is 86.7 Å². The third kappa shape index (κ3) is 5.81. The zero-order valence-electron chi connectivity index (χ0n) is 28.6. The molecule has 0 fully saturated rings. The maximum atomic E-state index is 4.81. The average Bonchev–Trinajstić information content (AvgIpc) is 3.91. The number of unbranched alkanes of at least 4 members (excludes halogenated alkanes) is 2. The molecule has 0 radical (unpaired) electrons. The van der Waals surface area contributed by atoms with Crippen LogP contribution in [0.4, 0.5) is 0 Å². The van der Waals surface area contributed by atoms with Crippen molar-refractivity contribution in [1.82, 2.24) is 17.5 Å². The summed E-state index contributed by atoms with van der Waals surface area (Å²) >= 11 is 6.64. The van der Waals surface area contributed by atoms with Gasteiger partial charge in [-0.2, -0.15) is 17.5 Å². The highest BCUT2D eigenvalue weighted by molar-refractivity contribution is 7.26. The molecule has 1 aliphatic carbocycles. The minimum absolute atomic E-state index is 0.00524. The van der Waals surface area contributed by atoms with Crippen LogP contribution in [0.5, 0.6) is 0 Å². The van der Waals surface area contributed by atoms with E-state index in [4.69, 9.17) is 8.75 Å². The Bertz CT molecular complexity index is 1870. The van der Waals surface area contributed by atoms with E-state index in [1.165, 1.54) is 129 Å². The largest absolute Gasteiger partial charge is 0.173 e. The van der Waals surface area contributed by atoms with Gasteiger partial charge in [-0.15, -0.1) is 22.7 Å². The molecule has 0 bridgehead atoms. The van der Waals surface area contributed by atoms with E-state index in [0.29, 0.717) is 11.8 Å². The van der Waals surface area contributed by atoms with Crippen molar-refractivity contribution in [2.75, 3.05) is 0 Å². The van der Waals surface area contributed by atoms with Gasteiger partial charge in [-0.3, -0.25) is 0 Å². The minimum atomic E-state index is 0.00524. The van der Waals surface area contributed by atoms with Gasteiger partial charge in [0.05, 0.1) is 23.5 Å². The molecule has 0 saturated heterocycles. The molecule has 0 spiro atoms. The van der Waals surface area contributed by atoms with E-state index in [-0.39, 0.29) is 5.41 Å². The summed E-state index contributed by atoms with van der Waals surface area (Å²) in [5.74, 6) is 1.40. The molecule has 0 saturated carbocycles. The first-order chi connectivity index (χ1) is 22.9. The number of rotatable bonds is 14. The van der Waals surface area contributed by atoms with E-state index in [1.807, 2.05) is 22.7 Å². The minimum Gasteiger partial charge on any atom is -0.173 e. The maximum absolute atomic E-state index is 4.81. The Hall–Kier alpha value is -2.52. The molecule has 6 aromatic rings. The van der Waals surface area contributed by atoms with E-state index >= 15 is 0 Å². The van der Waals surface area contributed by atoms with Crippen molar-refractivity contribution in [3.05, 3.63) is 58.7 Å². The van der Waals surface area contributed by atoms with E-state index < -0.39 is 0 Å². The second-order valence-electron chi connectivity index (χ2n) is 13.8. The summed E-state index contributed by atoms with van der Waals surface area (Å²) in [6.45, 7) is 13.8. The van der Waals surface area contributed by atoms with Crippen LogP contribution in [0.1, 0.15) is 114 Å². The van der Waals surface area contributed by atoms with Crippen LogP contribution in [0.25, 0.3) is 52.7 Å². The highest BCUT2D eigenvalue weighted by Gasteiger charge is 2.48. The summed E-state index contributed by atoms with van der Waals surface area (Å²) in [6.07, 6.45) is 12.7. The Morgan fingerprint density at radius 2 is 1.02 bits per heavy atom. The average molecular weight is 699 g/mol. The molecule has 4 heterocycles. The van der Waals surface area contributed by atoms with Gasteiger partial charge in [0, 0.05) is 36.1 Å². The zero-order valence-corrected chi connectivity index (χ0v) is 31.9. The zero-order chi connectivity index (χ0) is 32.7. The Morgan fingerprint density at radius 1 is 0.596 bits per heavy atom. The first kappa shape index (κ1) is 33.0. The van der Waals surface area contributed by atoms with Crippen LogP contribution in [-0.2, 0) is 5.41 Å². The molecule has 0 N–H and O–H groups in total. The van der Waals surface area contributed by atoms with Crippen LogP contribution in [0.3, 0.4) is 0 Å². The fourth-order valence-electron chi connectivity index (χ4n) is 8.01. The second-order valence-corrected chi connectivity index (χ2v) is 17.0. The summed E-state index contributed by atoms with van der Waals surface area (Å²) in [6, 6.07) is 14.2. The first-order valence-electron chi connectivity index (χ1n) is 17.7. The highest BCUT2D eigenvalue weighted by atomic mass is 32.1. The fourth-order valence-corrected chi connectivity index (χ4v) is 12.0. The summed E-state index contributed by atoms with van der Waals surface area (Å²) in [5, 5.41) is 0. The summed E-state index contributed by atoms with van der Waals surface area (Å²) < 4.78 is 19.0. The van der Waals surface area contributed by atoms with Crippen molar-refractivity contribution < 1.29 is 0 Å². The van der Waals surface area contributed by atoms with Gasteiger partial charge in [0.1, 0.15) is 22.1 Å². The van der Waals surface area contributed by atoms with Crippen molar-refractivity contribution in [2.24, 2.45) is 11.8 Å². The number of hydrogen-bond donors (Lipinski definition) is 0. The summed E-state index contributed by atoms with van der Waals surface area (Å²) in [5.41, 5.74) is 12.2. The molecule has 7 rings (SSSR count). The Morgan fingerprint density at radius 3 is 1.43 bits per heavy atom. The molecule has 4 nitrogen and oxygen atoms in total. The van der Waals surface area contributed by atoms with Crippen LogP contribution in [0.2, 0.25) is 0 Å². The number of aromatic nitrogens is 4. The van der Waals surface area contributed by atoms with Gasteiger partial charge in [0.25, 0.3) is 0 Å². The molecule has 4 aromatic heterocycles. The maximum Gasteiger partial charge on any atom is 0.113 e. The molecular formula is C39H46N4S4. The van der Waals surface area contributed by atoms with Gasteiger partial charge >= 0.3 is 0 Å². The molecule has 2 aromatic carbocycles. The molecule has 246 valence electrons. The van der Waals surface area contributed by atoms with Crippen LogP contribution in [-0.4, -0.2) is 17.5 Å². The van der Waals surface area contributed by atoms with Crippen LogP contribution >= 0.6 is 46.1 Å². The lowest BCUT2D eigenvalue weighted by molar-refractivity contribution is 0.266. The molecule has 0 amide bonds. The summed E-state index contributed by atoms with van der Waals surface area (Å²) in [4.78, 5) is 5.64. The van der Waals surface area contributed by atoms with Gasteiger partial charge in [-0.1, -0.05) is 103 Å². The monoisotopic (exact) mass is 698 g/mol. The second kappa shape index (κ2) is 13.8. The quantitative estimate of drug-likeness (QED) is 0.114. The van der Waals surface area contributed by atoms with Gasteiger partial charge < -0.3 is 0 Å². The Labute approximate surface area is 296 Å². The van der Waals surface area contributed by atoms with Crippen molar-refractivity contribution in [3.8, 4) is 30.6 Å². The van der Waals surface area contributed by atoms with Gasteiger partial charge in [-0.05, 0) is 72.9 Å². The topological polar surface area (TPSA) is 51.6 Å². The van der Waals surface area contributed by atoms with Crippen molar-refractivity contribution in [1.29, 1.82) is 0 Å². The van der Waals surface area contributed by atoms with Crippen LogP contribution in [0.15, 0.2) is 36.4 Å². The lowest BCUT2D eigenvalue weighted by atomic mass is 9.65. The molecule has 8 heteroatoms. The van der Waals surface area contributed by atoms with E-state index in [0.717, 1.165) is 22.1 Å². The number of benzene rings is 2. The summed E-state index contributed by atoms with van der Waals surface area (Å²) in [7, 11) is 0. The van der Waals surface area contributed by atoms with Gasteiger partial charge in [-0.25, -0.2) is 0 Å². The van der Waals surface area contributed by atoms with Gasteiger partial charge in [0.2, 0.25) is 0 Å².